The summed E-state index contributed by atoms with van der Waals surface area (Å²) in [6, 6.07) is 3.14. The molecule has 0 bridgehead atoms. The lowest BCUT2D eigenvalue weighted by atomic mass is 10.0. The van der Waals surface area contributed by atoms with Crippen molar-refractivity contribution >= 4 is 34.3 Å². The molecule has 2 atom stereocenters. The van der Waals surface area contributed by atoms with Crippen molar-refractivity contribution in [3.8, 4) is 0 Å². The maximum Gasteiger partial charge on any atom is 0.212 e. The van der Waals surface area contributed by atoms with Gasteiger partial charge in [-0.05, 0) is 18.1 Å². The first-order valence-corrected chi connectivity index (χ1v) is 6.29. The molecule has 0 aliphatic heterocycles. The Kier molecular flexibility index (Phi) is 3.61. The van der Waals surface area contributed by atoms with Crippen LogP contribution in [0.15, 0.2) is 16.5 Å². The highest BCUT2D eigenvalue weighted by Gasteiger charge is 2.20. The Morgan fingerprint density at radius 2 is 2.12 bits per heavy atom. The second-order valence-corrected chi connectivity index (χ2v) is 5.04. The summed E-state index contributed by atoms with van der Waals surface area (Å²) in [5.74, 6) is 0.816. The van der Waals surface area contributed by atoms with Crippen LogP contribution in [-0.2, 0) is 0 Å². The number of aromatic nitrogens is 1. The Morgan fingerprint density at radius 3 is 2.76 bits per heavy atom. The molecule has 0 radical (unpaired) electrons. The Balaban J connectivity index is 2.48. The average molecular weight is 273 g/mol. The monoisotopic (exact) mass is 272 g/mol. The smallest absolute Gasteiger partial charge is 0.212 e. The highest BCUT2D eigenvalue weighted by atomic mass is 35.5. The summed E-state index contributed by atoms with van der Waals surface area (Å²) in [6.45, 7) is 4.14. The Morgan fingerprint density at radius 1 is 1.41 bits per heavy atom. The maximum absolute atomic E-state index is 6.07. The van der Waals surface area contributed by atoms with E-state index in [0.717, 1.165) is 6.42 Å². The Labute approximate surface area is 110 Å². The van der Waals surface area contributed by atoms with Crippen LogP contribution in [0.2, 0.25) is 10.0 Å². The normalized spacial score (nSPS) is 15.1. The largest absolute Gasteiger partial charge is 0.437 e. The fourth-order valence-corrected chi connectivity index (χ4v) is 2.14. The van der Waals surface area contributed by atoms with Crippen LogP contribution >= 0.6 is 23.2 Å². The minimum absolute atomic E-state index is 0.220. The number of oxazole rings is 1. The van der Waals surface area contributed by atoms with Crippen LogP contribution in [0.3, 0.4) is 0 Å². The summed E-state index contributed by atoms with van der Waals surface area (Å²) < 4.78 is 5.61. The molecule has 1 heterocycles. The van der Waals surface area contributed by atoms with Gasteiger partial charge in [0.2, 0.25) is 5.89 Å². The molecule has 92 valence electrons. The van der Waals surface area contributed by atoms with Crippen molar-refractivity contribution in [2.75, 3.05) is 0 Å². The van der Waals surface area contributed by atoms with Crippen LogP contribution < -0.4 is 5.73 Å². The van der Waals surface area contributed by atoms with Gasteiger partial charge in [0.25, 0.3) is 0 Å². The van der Waals surface area contributed by atoms with Crippen molar-refractivity contribution in [3.63, 3.8) is 0 Å². The molecule has 2 aromatic rings. The van der Waals surface area contributed by atoms with Gasteiger partial charge in [-0.3, -0.25) is 0 Å². The number of hydrogen-bond acceptors (Lipinski definition) is 3. The van der Waals surface area contributed by atoms with Gasteiger partial charge in [-0.25, -0.2) is 4.98 Å². The van der Waals surface area contributed by atoms with Gasteiger partial charge in [-0.15, -0.1) is 0 Å². The number of nitrogens with zero attached hydrogens (tertiary/aromatic N) is 1. The topological polar surface area (TPSA) is 52.0 Å². The van der Waals surface area contributed by atoms with Crippen molar-refractivity contribution < 1.29 is 4.42 Å². The molecular formula is C12H14Cl2N2O. The molecule has 2 rings (SSSR count). The van der Waals surface area contributed by atoms with Gasteiger partial charge in [0, 0.05) is 5.02 Å². The molecule has 0 saturated carbocycles. The third kappa shape index (κ3) is 2.41. The SMILES string of the molecule is CCC(C)C(N)c1nc2cc(Cl)cc(Cl)c2o1. The molecule has 5 heteroatoms. The zero-order valence-electron chi connectivity index (χ0n) is 9.71. The highest BCUT2D eigenvalue weighted by Crippen LogP contribution is 2.31. The minimum Gasteiger partial charge on any atom is -0.437 e. The number of rotatable bonds is 3. The molecule has 0 aliphatic carbocycles. The molecule has 1 aromatic heterocycles. The van der Waals surface area contributed by atoms with Crippen molar-refractivity contribution in [3.05, 3.63) is 28.1 Å². The molecule has 2 N–H and O–H groups in total. The third-order valence-electron chi connectivity index (χ3n) is 2.97. The highest BCUT2D eigenvalue weighted by molar-refractivity contribution is 6.37. The fourth-order valence-electron chi connectivity index (χ4n) is 1.62. The second kappa shape index (κ2) is 4.84. The van der Waals surface area contributed by atoms with Crippen LogP contribution in [0.1, 0.15) is 32.2 Å². The van der Waals surface area contributed by atoms with E-state index in [1.165, 1.54) is 0 Å². The first kappa shape index (κ1) is 12.7. The van der Waals surface area contributed by atoms with E-state index in [1.807, 2.05) is 0 Å². The molecule has 1 aromatic carbocycles. The number of halogens is 2. The van der Waals surface area contributed by atoms with E-state index in [2.05, 4.69) is 18.8 Å². The van der Waals surface area contributed by atoms with E-state index in [4.69, 9.17) is 33.4 Å². The van der Waals surface area contributed by atoms with Gasteiger partial charge in [-0.2, -0.15) is 0 Å². The molecule has 2 unspecified atom stereocenters. The Bertz CT molecular complexity index is 539. The molecule has 0 amide bonds. The van der Waals surface area contributed by atoms with Crippen LogP contribution in [0, 0.1) is 5.92 Å². The molecular weight excluding hydrogens is 259 g/mol. The van der Waals surface area contributed by atoms with Crippen molar-refractivity contribution in [1.29, 1.82) is 0 Å². The second-order valence-electron chi connectivity index (χ2n) is 4.20. The van der Waals surface area contributed by atoms with Crippen molar-refractivity contribution in [2.24, 2.45) is 11.7 Å². The first-order chi connectivity index (χ1) is 8.02. The lowest BCUT2D eigenvalue weighted by molar-refractivity contribution is 0.375. The number of nitrogens with two attached hydrogens (primary N) is 1. The van der Waals surface area contributed by atoms with Crippen molar-refractivity contribution in [2.45, 2.75) is 26.3 Å². The minimum atomic E-state index is -0.220. The summed E-state index contributed by atoms with van der Waals surface area (Å²) in [7, 11) is 0. The maximum atomic E-state index is 6.07. The molecule has 3 nitrogen and oxygen atoms in total. The quantitative estimate of drug-likeness (QED) is 0.912. The third-order valence-corrected chi connectivity index (χ3v) is 3.47. The molecule has 0 spiro atoms. The van der Waals surface area contributed by atoms with E-state index in [9.17, 15) is 0 Å². The van der Waals surface area contributed by atoms with E-state index in [-0.39, 0.29) is 6.04 Å². The van der Waals surface area contributed by atoms with Crippen LogP contribution in [0.5, 0.6) is 0 Å². The molecule has 0 fully saturated rings. The van der Waals surface area contributed by atoms with E-state index >= 15 is 0 Å². The molecule has 17 heavy (non-hydrogen) atoms. The van der Waals surface area contributed by atoms with E-state index in [1.54, 1.807) is 12.1 Å². The zero-order chi connectivity index (χ0) is 12.6. The predicted octanol–water partition coefficient (Wildman–Crippen LogP) is 4.18. The van der Waals surface area contributed by atoms with Crippen LogP contribution in [0.25, 0.3) is 11.1 Å². The van der Waals surface area contributed by atoms with Gasteiger partial charge in [0.15, 0.2) is 5.58 Å². The molecule has 0 saturated heterocycles. The number of benzene rings is 1. The summed E-state index contributed by atoms with van der Waals surface area (Å²) in [5.41, 5.74) is 7.26. The van der Waals surface area contributed by atoms with E-state index in [0.29, 0.717) is 33.0 Å². The summed E-state index contributed by atoms with van der Waals surface area (Å²) >= 11 is 11.9. The summed E-state index contributed by atoms with van der Waals surface area (Å²) in [4.78, 5) is 4.34. The van der Waals surface area contributed by atoms with Gasteiger partial charge in [-0.1, -0.05) is 43.5 Å². The zero-order valence-corrected chi connectivity index (χ0v) is 11.2. The van der Waals surface area contributed by atoms with Gasteiger partial charge >= 0.3 is 0 Å². The van der Waals surface area contributed by atoms with E-state index < -0.39 is 0 Å². The summed E-state index contributed by atoms with van der Waals surface area (Å²) in [5, 5.41) is 1.00. The number of hydrogen-bond donors (Lipinski definition) is 1. The lowest BCUT2D eigenvalue weighted by Gasteiger charge is -2.13. The van der Waals surface area contributed by atoms with Crippen LogP contribution in [-0.4, -0.2) is 4.98 Å². The average Bonchev–Trinajstić information content (AvgIpc) is 2.70. The fraction of sp³-hybridized carbons (Fsp3) is 0.417. The number of fused-ring (bicyclic) bond motifs is 1. The molecule has 0 aliphatic rings. The summed E-state index contributed by atoms with van der Waals surface area (Å²) in [6.07, 6.45) is 0.967. The van der Waals surface area contributed by atoms with Gasteiger partial charge in [0.05, 0.1) is 11.1 Å². The van der Waals surface area contributed by atoms with Crippen molar-refractivity contribution in [1.82, 2.24) is 4.98 Å². The predicted molar refractivity (Wildman–Crippen MR) is 70.4 cm³/mol. The Hall–Kier alpha value is -0.770. The first-order valence-electron chi connectivity index (χ1n) is 5.54. The van der Waals surface area contributed by atoms with Gasteiger partial charge in [0.1, 0.15) is 5.52 Å². The van der Waals surface area contributed by atoms with Gasteiger partial charge < -0.3 is 10.2 Å². The standard InChI is InChI=1S/C12H14Cl2N2O/c1-3-6(2)10(15)12-16-9-5-7(13)4-8(14)11(9)17-12/h4-6,10H,3,15H2,1-2H3. The lowest BCUT2D eigenvalue weighted by Crippen LogP contribution is -2.18. The van der Waals surface area contributed by atoms with Crippen LogP contribution in [0.4, 0.5) is 0 Å².